The van der Waals surface area contributed by atoms with E-state index in [1.165, 1.54) is 60.2 Å². The SMILES string of the molecule is CCC1/C=C(c2cccc3c(-c4ccc(-c5ccccc5)c5oc6ccccc6c45)cccc23)\N=C(\c2ccc3ccc4ccccc4c3c2)CC/C(C)=C/1c1ccccc1. The highest BCUT2D eigenvalue weighted by Crippen LogP contribution is 2.45. The van der Waals surface area contributed by atoms with E-state index in [9.17, 15) is 0 Å². The van der Waals surface area contributed by atoms with E-state index in [1.54, 1.807) is 0 Å². The highest BCUT2D eigenvalue weighted by atomic mass is 16.3. The molecule has 0 amide bonds. The number of rotatable bonds is 6. The van der Waals surface area contributed by atoms with Crippen molar-refractivity contribution in [3.05, 3.63) is 216 Å². The van der Waals surface area contributed by atoms with E-state index in [4.69, 9.17) is 9.41 Å². The second kappa shape index (κ2) is 15.4. The third kappa shape index (κ3) is 6.47. The first-order valence-corrected chi connectivity index (χ1v) is 21.6. The molecule has 1 atom stereocenters. The molecule has 0 radical (unpaired) electrons. The van der Waals surface area contributed by atoms with Gasteiger partial charge in [-0.25, -0.2) is 0 Å². The molecule has 0 fully saturated rings. The maximum atomic E-state index is 6.72. The maximum Gasteiger partial charge on any atom is 0.143 e. The largest absolute Gasteiger partial charge is 0.455 e. The topological polar surface area (TPSA) is 25.5 Å². The molecule has 292 valence electrons. The summed E-state index contributed by atoms with van der Waals surface area (Å²) in [5, 5.41) is 9.67. The van der Waals surface area contributed by atoms with Crippen molar-refractivity contribution in [3.63, 3.8) is 0 Å². The number of para-hydroxylation sites is 1. The molecule has 0 aliphatic carbocycles. The summed E-state index contributed by atoms with van der Waals surface area (Å²) in [6, 6.07) is 68.2. The first-order valence-electron chi connectivity index (χ1n) is 21.6. The van der Waals surface area contributed by atoms with Crippen LogP contribution in [0.5, 0.6) is 0 Å². The lowest BCUT2D eigenvalue weighted by molar-refractivity contribution is 0.670. The quantitative estimate of drug-likeness (QED) is 0.154. The van der Waals surface area contributed by atoms with E-state index in [0.29, 0.717) is 0 Å². The van der Waals surface area contributed by atoms with Gasteiger partial charge in [0.2, 0.25) is 0 Å². The minimum absolute atomic E-state index is 0.182. The predicted octanol–water partition coefficient (Wildman–Crippen LogP) is 16.5. The van der Waals surface area contributed by atoms with Crippen LogP contribution in [-0.2, 0) is 0 Å². The van der Waals surface area contributed by atoms with Crippen molar-refractivity contribution >= 4 is 71.2 Å². The van der Waals surface area contributed by atoms with Gasteiger partial charge in [-0.1, -0.05) is 188 Å². The molecule has 0 saturated heterocycles. The average molecular weight is 784 g/mol. The number of hydrogen-bond donors (Lipinski definition) is 0. The zero-order chi connectivity index (χ0) is 40.9. The third-order valence-electron chi connectivity index (χ3n) is 12.9. The molecule has 0 spiro atoms. The summed E-state index contributed by atoms with van der Waals surface area (Å²) >= 11 is 0. The first-order chi connectivity index (χ1) is 30.1. The van der Waals surface area contributed by atoms with Crippen LogP contribution in [0, 0.1) is 5.92 Å². The van der Waals surface area contributed by atoms with E-state index in [0.717, 1.165) is 74.9 Å². The summed E-state index contributed by atoms with van der Waals surface area (Å²) < 4.78 is 6.72. The Labute approximate surface area is 356 Å². The van der Waals surface area contributed by atoms with Crippen LogP contribution in [0.25, 0.3) is 87.8 Å². The summed E-state index contributed by atoms with van der Waals surface area (Å²) in [7, 11) is 0. The first kappa shape index (κ1) is 36.8. The fraction of sp³-hybridized carbons (Fsp3) is 0.102. The Bertz CT molecular complexity index is 3400. The summed E-state index contributed by atoms with van der Waals surface area (Å²) in [5.41, 5.74) is 15.0. The molecule has 1 aromatic heterocycles. The third-order valence-corrected chi connectivity index (χ3v) is 12.9. The van der Waals surface area contributed by atoms with Crippen LogP contribution >= 0.6 is 0 Å². The molecule has 0 saturated carbocycles. The summed E-state index contributed by atoms with van der Waals surface area (Å²) in [6.07, 6.45) is 5.20. The van der Waals surface area contributed by atoms with Crippen LogP contribution in [0.2, 0.25) is 0 Å². The van der Waals surface area contributed by atoms with Crippen LogP contribution in [-0.4, -0.2) is 5.71 Å². The number of fused-ring (bicyclic) bond motifs is 7. The Kier molecular flexibility index (Phi) is 9.27. The van der Waals surface area contributed by atoms with Crippen molar-refractivity contribution in [2.24, 2.45) is 10.9 Å². The van der Waals surface area contributed by atoms with Gasteiger partial charge in [0.15, 0.2) is 0 Å². The van der Waals surface area contributed by atoms with Crippen LogP contribution < -0.4 is 0 Å². The second-order valence-electron chi connectivity index (χ2n) is 16.4. The minimum Gasteiger partial charge on any atom is -0.455 e. The van der Waals surface area contributed by atoms with Gasteiger partial charge in [0, 0.05) is 33.5 Å². The zero-order valence-electron chi connectivity index (χ0n) is 34.5. The lowest BCUT2D eigenvalue weighted by Gasteiger charge is -2.20. The van der Waals surface area contributed by atoms with Crippen molar-refractivity contribution in [3.8, 4) is 22.3 Å². The standard InChI is InChI=1S/C59H45NO/c1-3-39-37-55(60-54(35-28-38(2)57(39)43-19-8-5-9-20-43)44-32-31-42-30-29-41-18-10-11-21-45(41)53(42)36-44)50-26-15-23-47-48(50)24-14-25-49(47)51-34-33-46(40-16-6-4-7-17-40)59-58(51)52-22-12-13-27-56(52)61-59/h4-27,29-34,36-37,39H,3,28,35H2,1-2H3/b55-37-,57-38-,60-54+. The van der Waals surface area contributed by atoms with Gasteiger partial charge in [-0.15, -0.1) is 0 Å². The Balaban J connectivity index is 1.14. The van der Waals surface area contributed by atoms with E-state index in [1.807, 2.05) is 0 Å². The molecule has 0 N–H and O–H groups in total. The van der Waals surface area contributed by atoms with Crippen molar-refractivity contribution in [1.29, 1.82) is 0 Å². The predicted molar refractivity (Wildman–Crippen MR) is 260 cm³/mol. The number of aliphatic imine (C=N–C) groups is 1. The average Bonchev–Trinajstić information content (AvgIpc) is 3.74. The Morgan fingerprint density at radius 1 is 0.492 bits per heavy atom. The molecule has 10 aromatic rings. The molecule has 2 nitrogen and oxygen atoms in total. The summed E-state index contributed by atoms with van der Waals surface area (Å²) in [4.78, 5) is 5.80. The van der Waals surface area contributed by atoms with Gasteiger partial charge in [0.1, 0.15) is 11.2 Å². The second-order valence-corrected chi connectivity index (χ2v) is 16.4. The van der Waals surface area contributed by atoms with Gasteiger partial charge in [-0.3, -0.25) is 4.99 Å². The van der Waals surface area contributed by atoms with Gasteiger partial charge in [0.25, 0.3) is 0 Å². The van der Waals surface area contributed by atoms with Crippen molar-refractivity contribution in [2.45, 2.75) is 33.1 Å². The highest BCUT2D eigenvalue weighted by Gasteiger charge is 2.23. The van der Waals surface area contributed by atoms with Crippen LogP contribution in [0.15, 0.2) is 209 Å². The van der Waals surface area contributed by atoms with Crippen LogP contribution in [0.1, 0.15) is 49.8 Å². The smallest absolute Gasteiger partial charge is 0.143 e. The molecular formula is C59H45NO. The maximum absolute atomic E-state index is 6.72. The molecule has 1 aliphatic heterocycles. The fourth-order valence-electron chi connectivity index (χ4n) is 9.88. The van der Waals surface area contributed by atoms with Gasteiger partial charge in [0.05, 0.1) is 5.70 Å². The Morgan fingerprint density at radius 3 is 1.90 bits per heavy atom. The molecule has 1 aliphatic rings. The molecular weight excluding hydrogens is 739 g/mol. The Hall–Kier alpha value is -7.29. The normalized spacial score (nSPS) is 17.8. The summed E-state index contributed by atoms with van der Waals surface area (Å²) in [5.74, 6) is 0.182. The molecule has 9 aromatic carbocycles. The fourth-order valence-corrected chi connectivity index (χ4v) is 9.88. The molecule has 1 unspecified atom stereocenters. The van der Waals surface area contributed by atoms with E-state index < -0.39 is 0 Å². The molecule has 11 rings (SSSR count). The van der Waals surface area contributed by atoms with E-state index >= 15 is 0 Å². The van der Waals surface area contributed by atoms with Crippen molar-refractivity contribution in [2.75, 3.05) is 0 Å². The zero-order valence-corrected chi connectivity index (χ0v) is 34.5. The van der Waals surface area contributed by atoms with Gasteiger partial charge < -0.3 is 4.42 Å². The van der Waals surface area contributed by atoms with Crippen molar-refractivity contribution in [1.82, 2.24) is 0 Å². The number of nitrogens with zero attached hydrogens (tertiary/aromatic N) is 1. The lowest BCUT2D eigenvalue weighted by atomic mass is 9.84. The number of benzene rings is 9. The molecule has 61 heavy (non-hydrogen) atoms. The lowest BCUT2D eigenvalue weighted by Crippen LogP contribution is -2.03. The molecule has 2 heterocycles. The molecule has 0 bridgehead atoms. The monoisotopic (exact) mass is 783 g/mol. The van der Waals surface area contributed by atoms with E-state index in [-0.39, 0.29) is 5.92 Å². The number of allylic oxidation sites excluding steroid dienone is 3. The number of furan rings is 1. The van der Waals surface area contributed by atoms with Gasteiger partial charge in [-0.2, -0.15) is 0 Å². The minimum atomic E-state index is 0.182. The van der Waals surface area contributed by atoms with Gasteiger partial charge >= 0.3 is 0 Å². The van der Waals surface area contributed by atoms with Crippen LogP contribution in [0.3, 0.4) is 0 Å². The highest BCUT2D eigenvalue weighted by molar-refractivity contribution is 6.19. The van der Waals surface area contributed by atoms with Gasteiger partial charge in [-0.05, 0) is 110 Å². The Morgan fingerprint density at radius 2 is 1.11 bits per heavy atom. The van der Waals surface area contributed by atoms with E-state index in [2.05, 4.69) is 208 Å². The number of hydrogen-bond acceptors (Lipinski definition) is 2. The van der Waals surface area contributed by atoms with Crippen molar-refractivity contribution < 1.29 is 4.42 Å². The van der Waals surface area contributed by atoms with Crippen LogP contribution in [0.4, 0.5) is 0 Å². The molecule has 2 heteroatoms. The summed E-state index contributed by atoms with van der Waals surface area (Å²) in [6.45, 7) is 4.65.